The Hall–Kier alpha value is -2.47. The largest absolute Gasteiger partial charge is 0.378 e. The quantitative estimate of drug-likeness (QED) is 0.828. The van der Waals surface area contributed by atoms with Crippen molar-refractivity contribution in [3.63, 3.8) is 0 Å². The number of hydrogen-bond donors (Lipinski definition) is 0. The summed E-state index contributed by atoms with van der Waals surface area (Å²) in [5.74, 6) is -0.0567. The van der Waals surface area contributed by atoms with Crippen molar-refractivity contribution < 1.29 is 14.3 Å². The number of para-hydroxylation sites is 1. The summed E-state index contributed by atoms with van der Waals surface area (Å²) in [7, 11) is 0. The first-order chi connectivity index (χ1) is 12.7. The van der Waals surface area contributed by atoms with Crippen LogP contribution in [-0.4, -0.2) is 66.0 Å². The normalized spacial score (nSPS) is 21.0. The van der Waals surface area contributed by atoms with Crippen molar-refractivity contribution in [1.29, 1.82) is 0 Å². The molecule has 1 unspecified atom stereocenters. The maximum atomic E-state index is 12.9. The van der Waals surface area contributed by atoms with Gasteiger partial charge in [-0.25, -0.2) is 4.98 Å². The number of likely N-dealkylation sites (tertiary alicyclic amines) is 1. The van der Waals surface area contributed by atoms with Crippen molar-refractivity contribution in [2.45, 2.75) is 12.8 Å². The van der Waals surface area contributed by atoms with Gasteiger partial charge < -0.3 is 14.5 Å². The molecule has 1 atom stereocenters. The minimum absolute atomic E-state index is 0.0877. The minimum atomic E-state index is -0.119. The van der Waals surface area contributed by atoms with Gasteiger partial charge in [0.15, 0.2) is 0 Å². The van der Waals surface area contributed by atoms with Crippen LogP contribution >= 0.6 is 0 Å². The fourth-order valence-corrected chi connectivity index (χ4v) is 3.75. The van der Waals surface area contributed by atoms with Gasteiger partial charge in [-0.15, -0.1) is 0 Å². The Bertz CT molecular complexity index is 817. The molecule has 2 aromatic rings. The van der Waals surface area contributed by atoms with E-state index < -0.39 is 0 Å². The van der Waals surface area contributed by atoms with Crippen molar-refractivity contribution in [3.05, 3.63) is 42.1 Å². The molecule has 0 aliphatic carbocycles. The van der Waals surface area contributed by atoms with E-state index in [4.69, 9.17) is 4.74 Å². The fourth-order valence-electron chi connectivity index (χ4n) is 3.75. The lowest BCUT2D eigenvalue weighted by Crippen LogP contribution is -2.49. The molecule has 6 nitrogen and oxygen atoms in total. The second-order valence-corrected chi connectivity index (χ2v) is 6.92. The van der Waals surface area contributed by atoms with Crippen LogP contribution in [0.1, 0.15) is 23.3 Å². The lowest BCUT2D eigenvalue weighted by atomic mass is 9.96. The van der Waals surface area contributed by atoms with Crippen LogP contribution in [0.3, 0.4) is 0 Å². The zero-order valence-corrected chi connectivity index (χ0v) is 14.8. The van der Waals surface area contributed by atoms with Gasteiger partial charge in [-0.05, 0) is 25.0 Å². The number of nitrogens with zero attached hydrogens (tertiary/aromatic N) is 3. The van der Waals surface area contributed by atoms with E-state index in [-0.39, 0.29) is 17.7 Å². The molecule has 0 spiro atoms. The second-order valence-electron chi connectivity index (χ2n) is 6.92. The molecule has 26 heavy (non-hydrogen) atoms. The van der Waals surface area contributed by atoms with Gasteiger partial charge in [0.05, 0.1) is 24.6 Å². The molecule has 4 rings (SSSR count). The van der Waals surface area contributed by atoms with Crippen molar-refractivity contribution in [1.82, 2.24) is 14.8 Å². The number of hydrogen-bond acceptors (Lipinski definition) is 4. The lowest BCUT2D eigenvalue weighted by molar-refractivity contribution is -0.141. The zero-order valence-electron chi connectivity index (χ0n) is 14.8. The monoisotopic (exact) mass is 353 g/mol. The summed E-state index contributed by atoms with van der Waals surface area (Å²) in [5, 5.41) is 1.02. The fraction of sp³-hybridized carbons (Fsp3) is 0.450. The van der Waals surface area contributed by atoms with E-state index in [1.165, 1.54) is 0 Å². The van der Waals surface area contributed by atoms with Gasteiger partial charge in [-0.2, -0.15) is 0 Å². The van der Waals surface area contributed by atoms with E-state index in [1.54, 1.807) is 11.0 Å². The van der Waals surface area contributed by atoms with Crippen LogP contribution in [-0.2, 0) is 9.53 Å². The molecule has 2 saturated heterocycles. The van der Waals surface area contributed by atoms with Gasteiger partial charge in [-0.1, -0.05) is 24.3 Å². The molecule has 136 valence electrons. The van der Waals surface area contributed by atoms with E-state index >= 15 is 0 Å². The van der Waals surface area contributed by atoms with Gasteiger partial charge >= 0.3 is 0 Å². The summed E-state index contributed by atoms with van der Waals surface area (Å²) in [4.78, 5) is 33.8. The molecule has 2 fully saturated rings. The molecular weight excluding hydrogens is 330 g/mol. The van der Waals surface area contributed by atoms with Gasteiger partial charge in [0.1, 0.15) is 5.69 Å². The van der Waals surface area contributed by atoms with Gasteiger partial charge in [0.2, 0.25) is 5.91 Å². The first kappa shape index (κ1) is 17.0. The smallest absolute Gasteiger partial charge is 0.272 e. The van der Waals surface area contributed by atoms with Crippen LogP contribution in [0.2, 0.25) is 0 Å². The van der Waals surface area contributed by atoms with E-state index in [1.807, 2.05) is 35.2 Å². The number of morpholine rings is 1. The highest BCUT2D eigenvalue weighted by Crippen LogP contribution is 2.22. The Morgan fingerprint density at radius 2 is 1.81 bits per heavy atom. The van der Waals surface area contributed by atoms with Crippen molar-refractivity contribution >= 4 is 22.7 Å². The topological polar surface area (TPSA) is 62.7 Å². The summed E-state index contributed by atoms with van der Waals surface area (Å²) in [6, 6.07) is 11.5. The Morgan fingerprint density at radius 1 is 1.00 bits per heavy atom. The highest BCUT2D eigenvalue weighted by Gasteiger charge is 2.32. The van der Waals surface area contributed by atoms with Crippen molar-refractivity contribution in [2.24, 2.45) is 5.92 Å². The Labute approximate surface area is 152 Å². The Balaban J connectivity index is 1.47. The van der Waals surface area contributed by atoms with Gasteiger partial charge in [0, 0.05) is 31.6 Å². The lowest BCUT2D eigenvalue weighted by Gasteiger charge is -2.36. The summed E-state index contributed by atoms with van der Waals surface area (Å²) < 4.78 is 5.32. The van der Waals surface area contributed by atoms with Crippen LogP contribution in [0, 0.1) is 5.92 Å². The number of piperidine rings is 1. The number of rotatable bonds is 2. The third-order valence-electron chi connectivity index (χ3n) is 5.20. The average Bonchev–Trinajstić information content (AvgIpc) is 2.73. The molecule has 2 aliphatic heterocycles. The minimum Gasteiger partial charge on any atom is -0.378 e. The first-order valence-electron chi connectivity index (χ1n) is 9.24. The predicted octanol–water partition coefficient (Wildman–Crippen LogP) is 1.95. The number of aromatic nitrogens is 1. The third-order valence-corrected chi connectivity index (χ3v) is 5.20. The number of fused-ring (bicyclic) bond motifs is 1. The predicted molar refractivity (Wildman–Crippen MR) is 97.8 cm³/mol. The maximum Gasteiger partial charge on any atom is 0.272 e. The summed E-state index contributed by atoms with van der Waals surface area (Å²) in [6.07, 6.45) is 1.69. The number of ether oxygens (including phenoxy) is 1. The van der Waals surface area contributed by atoms with E-state index in [9.17, 15) is 9.59 Å². The number of carbonyl (C=O) groups excluding carboxylic acids is 2. The Morgan fingerprint density at radius 3 is 2.65 bits per heavy atom. The molecule has 0 radical (unpaired) electrons. The van der Waals surface area contributed by atoms with E-state index in [0.29, 0.717) is 45.1 Å². The standard InChI is InChI=1S/C20H23N3O3/c24-19(22-10-12-26-13-11-22)16-5-3-9-23(14-16)20(25)18-8-7-15-4-1-2-6-17(15)21-18/h1-2,4,6-8,16H,3,5,9-14H2. The van der Waals surface area contributed by atoms with E-state index in [0.717, 1.165) is 23.7 Å². The molecule has 3 heterocycles. The van der Waals surface area contributed by atoms with Crippen molar-refractivity contribution in [3.8, 4) is 0 Å². The number of benzene rings is 1. The second kappa shape index (κ2) is 7.41. The summed E-state index contributed by atoms with van der Waals surface area (Å²) in [6.45, 7) is 3.65. The molecule has 0 saturated carbocycles. The molecule has 0 bridgehead atoms. The van der Waals surface area contributed by atoms with Crippen LogP contribution in [0.5, 0.6) is 0 Å². The summed E-state index contributed by atoms with van der Waals surface area (Å²) >= 11 is 0. The summed E-state index contributed by atoms with van der Waals surface area (Å²) in [5.41, 5.74) is 1.26. The maximum absolute atomic E-state index is 12.9. The molecule has 2 amide bonds. The van der Waals surface area contributed by atoms with Crippen LogP contribution in [0.15, 0.2) is 36.4 Å². The number of amides is 2. The van der Waals surface area contributed by atoms with Gasteiger partial charge in [0.25, 0.3) is 5.91 Å². The highest BCUT2D eigenvalue weighted by molar-refractivity contribution is 5.95. The number of carbonyl (C=O) groups is 2. The molecule has 1 aromatic carbocycles. The zero-order chi connectivity index (χ0) is 17.9. The average molecular weight is 353 g/mol. The molecule has 2 aliphatic rings. The van der Waals surface area contributed by atoms with Crippen LogP contribution in [0.25, 0.3) is 10.9 Å². The molecule has 1 aromatic heterocycles. The SMILES string of the molecule is O=C(c1ccc2ccccc2n1)N1CCCC(C(=O)N2CCOCC2)C1. The van der Waals surface area contributed by atoms with Crippen LogP contribution in [0.4, 0.5) is 0 Å². The van der Waals surface area contributed by atoms with Crippen LogP contribution < -0.4 is 0 Å². The Kier molecular flexibility index (Phi) is 4.84. The molecule has 0 N–H and O–H groups in total. The first-order valence-corrected chi connectivity index (χ1v) is 9.24. The van der Waals surface area contributed by atoms with E-state index in [2.05, 4.69) is 4.98 Å². The van der Waals surface area contributed by atoms with Crippen molar-refractivity contribution in [2.75, 3.05) is 39.4 Å². The molecule has 6 heteroatoms. The highest BCUT2D eigenvalue weighted by atomic mass is 16.5. The third kappa shape index (κ3) is 3.42. The van der Waals surface area contributed by atoms with Gasteiger partial charge in [-0.3, -0.25) is 9.59 Å². The molecular formula is C20H23N3O3. The number of pyridine rings is 1.